The summed E-state index contributed by atoms with van der Waals surface area (Å²) in [5.74, 6) is 1.36. The monoisotopic (exact) mass is 413 g/mol. The van der Waals surface area contributed by atoms with Crippen molar-refractivity contribution in [2.45, 2.75) is 25.7 Å². The van der Waals surface area contributed by atoms with Gasteiger partial charge in [-0.15, -0.1) is 0 Å². The number of anilines is 1. The third-order valence-electron chi connectivity index (χ3n) is 5.06. The van der Waals surface area contributed by atoms with Crippen LogP contribution in [0.3, 0.4) is 0 Å². The van der Waals surface area contributed by atoms with Crippen molar-refractivity contribution >= 4 is 15.8 Å². The number of sulfonamides is 1. The van der Waals surface area contributed by atoms with E-state index in [1.165, 1.54) is 12.7 Å². The highest BCUT2D eigenvalue weighted by molar-refractivity contribution is 7.89. The molecular weight excluding hydrogens is 390 g/mol. The summed E-state index contributed by atoms with van der Waals surface area (Å²) in [5.41, 5.74) is 2.65. The summed E-state index contributed by atoms with van der Waals surface area (Å²) in [6.07, 6.45) is 4.50. The number of piperazine rings is 1. The minimum Gasteiger partial charge on any atom is -0.354 e. The molecule has 0 bridgehead atoms. The van der Waals surface area contributed by atoms with Crippen LogP contribution in [0.5, 0.6) is 0 Å². The molecular formula is C19H23N7O2S. The molecule has 1 aliphatic heterocycles. The maximum Gasteiger partial charge on any atom is 0.243 e. The van der Waals surface area contributed by atoms with Gasteiger partial charge in [-0.2, -0.15) is 9.40 Å². The van der Waals surface area contributed by atoms with Crippen LogP contribution < -0.4 is 4.90 Å². The lowest BCUT2D eigenvalue weighted by Crippen LogP contribution is -2.49. The minimum absolute atomic E-state index is 0.401. The Morgan fingerprint density at radius 1 is 0.862 bits per heavy atom. The second-order valence-corrected chi connectivity index (χ2v) is 9.07. The van der Waals surface area contributed by atoms with E-state index in [4.69, 9.17) is 0 Å². The van der Waals surface area contributed by atoms with Crippen molar-refractivity contribution < 1.29 is 8.42 Å². The molecule has 3 aromatic rings. The molecule has 0 spiro atoms. The largest absolute Gasteiger partial charge is 0.354 e. The maximum atomic E-state index is 13.3. The Morgan fingerprint density at radius 3 is 2.14 bits per heavy atom. The molecule has 152 valence electrons. The average molecular weight is 414 g/mol. The zero-order valence-corrected chi connectivity index (χ0v) is 17.5. The molecule has 10 heteroatoms. The number of aryl methyl sites for hydroxylation is 3. The van der Waals surface area contributed by atoms with Gasteiger partial charge in [0.2, 0.25) is 10.0 Å². The highest BCUT2D eigenvalue weighted by Crippen LogP contribution is 2.26. The van der Waals surface area contributed by atoms with Gasteiger partial charge in [0.1, 0.15) is 24.8 Å². The highest BCUT2D eigenvalue weighted by atomic mass is 32.2. The molecule has 9 nitrogen and oxygen atoms in total. The Kier molecular flexibility index (Phi) is 5.05. The molecule has 1 saturated heterocycles. The first-order valence-corrected chi connectivity index (χ1v) is 10.8. The van der Waals surface area contributed by atoms with Crippen molar-refractivity contribution in [1.29, 1.82) is 0 Å². The molecule has 3 heterocycles. The lowest BCUT2D eigenvalue weighted by atomic mass is 10.1. The van der Waals surface area contributed by atoms with E-state index in [0.717, 1.165) is 22.5 Å². The summed E-state index contributed by atoms with van der Waals surface area (Å²) >= 11 is 0. The van der Waals surface area contributed by atoms with Crippen molar-refractivity contribution in [3.63, 3.8) is 0 Å². The minimum atomic E-state index is -3.54. The summed E-state index contributed by atoms with van der Waals surface area (Å²) in [5, 5.41) is 4.08. The van der Waals surface area contributed by atoms with Gasteiger partial charge in [0.15, 0.2) is 5.82 Å². The predicted octanol–water partition coefficient (Wildman–Crippen LogP) is 1.49. The van der Waals surface area contributed by atoms with Crippen molar-refractivity contribution in [2.24, 2.45) is 0 Å². The Labute approximate surface area is 170 Å². The van der Waals surface area contributed by atoms with E-state index in [-0.39, 0.29) is 0 Å². The van der Waals surface area contributed by atoms with Crippen molar-refractivity contribution in [3.8, 4) is 5.82 Å². The number of aromatic nitrogens is 5. The van der Waals surface area contributed by atoms with Crippen LogP contribution >= 0.6 is 0 Å². The van der Waals surface area contributed by atoms with Gasteiger partial charge in [0.25, 0.3) is 0 Å². The highest BCUT2D eigenvalue weighted by Gasteiger charge is 2.31. The second-order valence-electron chi connectivity index (χ2n) is 7.19. The number of nitrogens with zero attached hydrogens (tertiary/aromatic N) is 7. The Bertz CT molecular complexity index is 1100. The normalized spacial score (nSPS) is 15.6. The Hall–Kier alpha value is -2.85. The fraction of sp³-hybridized carbons (Fsp3) is 0.368. The molecule has 1 aliphatic rings. The lowest BCUT2D eigenvalue weighted by molar-refractivity contribution is 0.383. The van der Waals surface area contributed by atoms with E-state index in [1.54, 1.807) is 15.3 Å². The maximum absolute atomic E-state index is 13.3. The molecule has 0 N–H and O–H groups in total. The number of hydrogen-bond acceptors (Lipinski definition) is 7. The van der Waals surface area contributed by atoms with E-state index in [2.05, 4.69) is 25.0 Å². The summed E-state index contributed by atoms with van der Waals surface area (Å²) in [7, 11) is -3.54. The van der Waals surface area contributed by atoms with E-state index in [1.807, 2.05) is 39.0 Å². The second kappa shape index (κ2) is 7.53. The molecule has 0 atom stereocenters. The fourth-order valence-electron chi connectivity index (χ4n) is 3.82. The topological polar surface area (TPSA) is 97.1 Å². The van der Waals surface area contributed by atoms with Crippen LogP contribution in [0.15, 0.2) is 42.1 Å². The molecule has 2 aromatic heterocycles. The van der Waals surface area contributed by atoms with Crippen LogP contribution in [-0.4, -0.2) is 63.6 Å². The van der Waals surface area contributed by atoms with E-state index >= 15 is 0 Å². The van der Waals surface area contributed by atoms with E-state index in [0.29, 0.717) is 36.9 Å². The van der Waals surface area contributed by atoms with Crippen LogP contribution in [0.1, 0.15) is 16.7 Å². The summed E-state index contributed by atoms with van der Waals surface area (Å²) in [6.45, 7) is 7.60. The number of benzene rings is 1. The van der Waals surface area contributed by atoms with Crippen LogP contribution in [0.4, 0.5) is 5.82 Å². The van der Waals surface area contributed by atoms with E-state index in [9.17, 15) is 8.42 Å². The molecule has 0 saturated carbocycles. The molecule has 0 radical (unpaired) electrons. The first-order chi connectivity index (χ1) is 13.9. The SMILES string of the molecule is Cc1cc(C)c(S(=O)(=O)N2CCN(c3cc(-n4cncn4)ncn3)CC2)c(C)c1. The molecule has 0 aliphatic carbocycles. The third-order valence-corrected chi connectivity index (χ3v) is 7.26. The van der Waals surface area contributed by atoms with Crippen molar-refractivity contribution in [3.05, 3.63) is 53.9 Å². The Morgan fingerprint density at radius 2 is 1.52 bits per heavy atom. The van der Waals surface area contributed by atoms with Gasteiger partial charge in [-0.25, -0.2) is 28.1 Å². The molecule has 29 heavy (non-hydrogen) atoms. The Balaban J connectivity index is 1.52. The molecule has 0 amide bonds. The molecule has 4 rings (SSSR count). The molecule has 1 aromatic carbocycles. The van der Waals surface area contributed by atoms with Gasteiger partial charge >= 0.3 is 0 Å². The van der Waals surface area contributed by atoms with Crippen LogP contribution in [0, 0.1) is 20.8 Å². The number of hydrogen-bond donors (Lipinski definition) is 0. The van der Waals surface area contributed by atoms with Crippen LogP contribution in [-0.2, 0) is 10.0 Å². The first kappa shape index (κ1) is 19.5. The average Bonchev–Trinajstić information content (AvgIpc) is 3.22. The zero-order valence-electron chi connectivity index (χ0n) is 16.6. The van der Waals surface area contributed by atoms with Crippen LogP contribution in [0.2, 0.25) is 0 Å². The van der Waals surface area contributed by atoms with Gasteiger partial charge in [-0.3, -0.25) is 0 Å². The quantitative estimate of drug-likeness (QED) is 0.639. The fourth-order valence-corrected chi connectivity index (χ4v) is 5.66. The van der Waals surface area contributed by atoms with Gasteiger partial charge in [-0.1, -0.05) is 17.7 Å². The lowest BCUT2D eigenvalue weighted by Gasteiger charge is -2.35. The van der Waals surface area contributed by atoms with Gasteiger partial charge < -0.3 is 4.90 Å². The predicted molar refractivity (Wildman–Crippen MR) is 109 cm³/mol. The summed E-state index contributed by atoms with van der Waals surface area (Å²) in [4.78, 5) is 15.0. The van der Waals surface area contributed by atoms with Crippen molar-refractivity contribution in [2.75, 3.05) is 31.1 Å². The van der Waals surface area contributed by atoms with Gasteiger partial charge in [0.05, 0.1) is 4.90 Å². The smallest absolute Gasteiger partial charge is 0.243 e. The standard InChI is InChI=1S/C19H23N7O2S/c1-14-8-15(2)19(16(3)9-14)29(27,28)25-6-4-24(5-7-25)17-10-18(22-12-21-17)26-13-20-11-23-26/h8-13H,4-7H2,1-3H3. The number of rotatable bonds is 4. The first-order valence-electron chi connectivity index (χ1n) is 9.36. The zero-order chi connectivity index (χ0) is 20.6. The van der Waals surface area contributed by atoms with Crippen molar-refractivity contribution in [1.82, 2.24) is 29.0 Å². The van der Waals surface area contributed by atoms with Gasteiger partial charge in [0, 0.05) is 32.2 Å². The van der Waals surface area contributed by atoms with Gasteiger partial charge in [-0.05, 0) is 31.9 Å². The van der Waals surface area contributed by atoms with Crippen LogP contribution in [0.25, 0.3) is 5.82 Å². The third kappa shape index (κ3) is 3.73. The summed E-state index contributed by atoms with van der Waals surface area (Å²) in [6, 6.07) is 5.67. The molecule has 1 fully saturated rings. The summed E-state index contributed by atoms with van der Waals surface area (Å²) < 4.78 is 29.6. The van der Waals surface area contributed by atoms with E-state index < -0.39 is 10.0 Å². The molecule has 0 unspecified atom stereocenters.